The largest absolute Gasteiger partial charge is 0.489 e. The van der Waals surface area contributed by atoms with Gasteiger partial charge in [0.05, 0.1) is 29.0 Å². The van der Waals surface area contributed by atoms with Crippen molar-refractivity contribution >= 4 is 85.5 Å². The number of anilines is 1. The Balaban J connectivity index is 1.61. The molecule has 0 aliphatic carbocycles. The first kappa shape index (κ1) is 27.3. The zero-order valence-corrected chi connectivity index (χ0v) is 26.6. The lowest BCUT2D eigenvalue weighted by molar-refractivity contribution is -0.113. The van der Waals surface area contributed by atoms with Gasteiger partial charge in [0.25, 0.3) is 11.5 Å². The zero-order valence-electron chi connectivity index (χ0n) is 20.7. The van der Waals surface area contributed by atoms with Crippen LogP contribution in [0, 0.1) is 7.14 Å². The van der Waals surface area contributed by atoms with Crippen molar-refractivity contribution in [2.24, 2.45) is 4.99 Å². The highest BCUT2D eigenvalue weighted by molar-refractivity contribution is 14.1. The van der Waals surface area contributed by atoms with E-state index in [0.29, 0.717) is 26.3 Å². The maximum atomic E-state index is 13.8. The molecule has 4 aromatic rings. The van der Waals surface area contributed by atoms with E-state index in [2.05, 4.69) is 50.5 Å². The highest BCUT2D eigenvalue weighted by atomic mass is 127. The molecule has 3 heterocycles. The van der Waals surface area contributed by atoms with Crippen molar-refractivity contribution in [1.82, 2.24) is 4.57 Å². The number of benzene rings is 2. The van der Waals surface area contributed by atoms with Crippen LogP contribution in [0.1, 0.15) is 37.3 Å². The minimum absolute atomic E-state index is 0.0698. The number of rotatable bonds is 6. The van der Waals surface area contributed by atoms with E-state index in [9.17, 15) is 9.59 Å². The average Bonchev–Trinajstić information content (AvgIpc) is 3.50. The van der Waals surface area contributed by atoms with Crippen LogP contribution >= 0.6 is 67.9 Å². The number of nitrogens with one attached hydrogen (secondary N) is 1. The van der Waals surface area contributed by atoms with Crippen LogP contribution in [0.3, 0.4) is 0 Å². The quantitative estimate of drug-likeness (QED) is 0.248. The fourth-order valence-corrected chi connectivity index (χ4v) is 8.15. The van der Waals surface area contributed by atoms with Gasteiger partial charge in [-0.2, -0.15) is 0 Å². The summed E-state index contributed by atoms with van der Waals surface area (Å²) < 4.78 is 10.1. The lowest BCUT2D eigenvalue weighted by Crippen LogP contribution is -2.40. The number of ether oxygens (including phenoxy) is 1. The maximum absolute atomic E-state index is 13.8. The molecule has 1 aliphatic rings. The van der Waals surface area contributed by atoms with Gasteiger partial charge in [0.2, 0.25) is 0 Å². The van der Waals surface area contributed by atoms with E-state index in [1.807, 2.05) is 86.8 Å². The Morgan fingerprint density at radius 2 is 1.84 bits per heavy atom. The second-order valence-electron chi connectivity index (χ2n) is 8.90. The Kier molecular flexibility index (Phi) is 8.22. The van der Waals surface area contributed by atoms with E-state index >= 15 is 0 Å². The zero-order chi connectivity index (χ0) is 27.0. The topological polar surface area (TPSA) is 72.7 Å². The van der Waals surface area contributed by atoms with Gasteiger partial charge in [-0.1, -0.05) is 35.6 Å². The van der Waals surface area contributed by atoms with Crippen LogP contribution < -0.4 is 24.9 Å². The first-order valence-electron chi connectivity index (χ1n) is 11.8. The van der Waals surface area contributed by atoms with Crippen LogP contribution in [-0.2, 0) is 4.79 Å². The van der Waals surface area contributed by atoms with Crippen molar-refractivity contribution in [3.05, 3.63) is 109 Å². The number of carbonyl (C=O) groups is 1. The molecule has 0 spiro atoms. The second kappa shape index (κ2) is 11.4. The number of allylic oxidation sites excluding steroid dienone is 1. The molecule has 194 valence electrons. The first-order valence-corrected chi connectivity index (χ1v) is 15.7. The predicted octanol–water partition coefficient (Wildman–Crippen LogP) is 5.93. The fraction of sp³-hybridized carbons (Fsp3) is 0.179. The normalized spacial score (nSPS) is 15.4. The lowest BCUT2D eigenvalue weighted by atomic mass is 10.0. The molecular formula is C28H23I2N3O3S2. The minimum atomic E-state index is -0.556. The number of hydrogen-bond acceptors (Lipinski definition) is 6. The van der Waals surface area contributed by atoms with E-state index in [1.165, 1.54) is 22.7 Å². The van der Waals surface area contributed by atoms with Crippen LogP contribution in [0.2, 0.25) is 0 Å². The Bertz CT molecular complexity index is 1700. The van der Waals surface area contributed by atoms with Crippen LogP contribution in [0.25, 0.3) is 6.08 Å². The van der Waals surface area contributed by atoms with Gasteiger partial charge < -0.3 is 10.1 Å². The number of fused-ring (bicyclic) bond motifs is 1. The van der Waals surface area contributed by atoms with Gasteiger partial charge in [0.15, 0.2) is 4.80 Å². The third-order valence-electron chi connectivity index (χ3n) is 5.78. The molecule has 0 saturated heterocycles. The molecule has 1 amide bonds. The summed E-state index contributed by atoms with van der Waals surface area (Å²) in [4.78, 5) is 33.6. The fourth-order valence-electron chi connectivity index (χ4n) is 4.21. The predicted molar refractivity (Wildman–Crippen MR) is 171 cm³/mol. The summed E-state index contributed by atoms with van der Waals surface area (Å²) in [6.45, 7) is 5.83. The van der Waals surface area contributed by atoms with Crippen molar-refractivity contribution in [3.63, 3.8) is 0 Å². The van der Waals surface area contributed by atoms with Gasteiger partial charge in [0.1, 0.15) is 11.8 Å². The van der Waals surface area contributed by atoms with E-state index in [1.54, 1.807) is 4.57 Å². The summed E-state index contributed by atoms with van der Waals surface area (Å²) in [5.41, 5.74) is 2.50. The monoisotopic (exact) mass is 767 g/mol. The molecule has 1 N–H and O–H groups in total. The van der Waals surface area contributed by atoms with Crippen LogP contribution in [0.15, 0.2) is 81.0 Å². The number of aromatic nitrogens is 1. The van der Waals surface area contributed by atoms with Crippen LogP contribution in [0.5, 0.6) is 5.75 Å². The van der Waals surface area contributed by atoms with E-state index in [0.717, 1.165) is 23.3 Å². The number of halogens is 2. The van der Waals surface area contributed by atoms with Crippen molar-refractivity contribution in [2.45, 2.75) is 32.9 Å². The van der Waals surface area contributed by atoms with E-state index in [-0.39, 0.29) is 17.6 Å². The molecule has 38 heavy (non-hydrogen) atoms. The molecule has 2 aromatic carbocycles. The van der Waals surface area contributed by atoms with Gasteiger partial charge in [-0.25, -0.2) is 4.99 Å². The standard InChI is InChI=1S/C28H23I2N3O3S2/c1-15(2)36-25-19(29)12-17(13-20(25)30)14-22-27(35)33-24(21-10-7-11-37-21)23(16(3)31-28(33)38-22)26(34)32-18-8-5-4-6-9-18/h4-15,24H,1-3H3,(H,32,34)/b22-14+. The molecule has 10 heteroatoms. The smallest absolute Gasteiger partial charge is 0.271 e. The van der Waals surface area contributed by atoms with Gasteiger partial charge in [-0.3, -0.25) is 14.2 Å². The molecule has 1 aliphatic heterocycles. The van der Waals surface area contributed by atoms with E-state index < -0.39 is 6.04 Å². The number of thiophene rings is 1. The summed E-state index contributed by atoms with van der Waals surface area (Å²) in [5.74, 6) is 0.581. The van der Waals surface area contributed by atoms with E-state index in [4.69, 9.17) is 9.73 Å². The highest BCUT2D eigenvalue weighted by Gasteiger charge is 2.33. The summed E-state index contributed by atoms with van der Waals surface area (Å²) in [6.07, 6.45) is 1.96. The molecule has 1 unspecified atom stereocenters. The molecule has 0 fully saturated rings. The van der Waals surface area contributed by atoms with Crippen LogP contribution in [0.4, 0.5) is 5.69 Å². The summed E-state index contributed by atoms with van der Waals surface area (Å²) in [5, 5.41) is 4.93. The number of hydrogen-bond donors (Lipinski definition) is 1. The first-order chi connectivity index (χ1) is 18.2. The maximum Gasteiger partial charge on any atom is 0.271 e. The highest BCUT2D eigenvalue weighted by Crippen LogP contribution is 2.33. The van der Waals surface area contributed by atoms with Gasteiger partial charge in [-0.05, 0) is 113 Å². The number of para-hydroxylation sites is 1. The number of carbonyl (C=O) groups excluding carboxylic acids is 1. The molecule has 5 rings (SSSR count). The Labute approximate surface area is 255 Å². The van der Waals surface area contributed by atoms with Gasteiger partial charge >= 0.3 is 0 Å². The van der Waals surface area contributed by atoms with Crippen molar-refractivity contribution in [2.75, 3.05) is 5.32 Å². The third kappa shape index (κ3) is 5.54. The molecular weight excluding hydrogens is 744 g/mol. The molecule has 0 saturated carbocycles. The SMILES string of the molecule is CC1=C(C(=O)Nc2ccccc2)C(c2cccs2)n2c(s/c(=C/c3cc(I)c(OC(C)C)c(I)c3)c2=O)=N1. The van der Waals surface area contributed by atoms with Crippen molar-refractivity contribution < 1.29 is 9.53 Å². The number of nitrogens with zero attached hydrogens (tertiary/aromatic N) is 2. The molecule has 1 atom stereocenters. The third-order valence-corrected chi connectivity index (χ3v) is 9.29. The molecule has 6 nitrogen and oxygen atoms in total. The second-order valence-corrected chi connectivity index (χ2v) is 13.2. The number of amides is 1. The Hall–Kier alpha value is -2.29. The van der Waals surface area contributed by atoms with Gasteiger partial charge in [0, 0.05) is 10.6 Å². The minimum Gasteiger partial charge on any atom is -0.489 e. The van der Waals surface area contributed by atoms with Crippen molar-refractivity contribution in [3.8, 4) is 5.75 Å². The Morgan fingerprint density at radius 3 is 2.47 bits per heavy atom. The van der Waals surface area contributed by atoms with Gasteiger partial charge in [-0.15, -0.1) is 11.3 Å². The summed E-state index contributed by atoms with van der Waals surface area (Å²) in [7, 11) is 0. The lowest BCUT2D eigenvalue weighted by Gasteiger charge is -2.24. The number of thiazole rings is 1. The average molecular weight is 767 g/mol. The molecule has 2 aromatic heterocycles. The van der Waals surface area contributed by atoms with Crippen LogP contribution in [-0.4, -0.2) is 16.6 Å². The van der Waals surface area contributed by atoms with Crippen molar-refractivity contribution in [1.29, 1.82) is 0 Å². The summed E-state index contributed by atoms with van der Waals surface area (Å²) in [6, 6.07) is 16.7. The molecule has 0 radical (unpaired) electrons. The Morgan fingerprint density at radius 1 is 1.13 bits per heavy atom. The molecule has 0 bridgehead atoms. The summed E-state index contributed by atoms with van der Waals surface area (Å²) >= 11 is 7.39.